The Labute approximate surface area is 127 Å². The van der Waals surface area contributed by atoms with Gasteiger partial charge in [0.1, 0.15) is 5.75 Å². The molecule has 0 radical (unpaired) electrons. The van der Waals surface area contributed by atoms with Crippen molar-refractivity contribution in [2.24, 2.45) is 5.92 Å². The van der Waals surface area contributed by atoms with Crippen LogP contribution in [0.4, 0.5) is 0 Å². The molecule has 2 aromatic carbocycles. The molecule has 1 aliphatic heterocycles. The van der Waals surface area contributed by atoms with Crippen LogP contribution in [0.3, 0.4) is 0 Å². The predicted molar refractivity (Wildman–Crippen MR) is 86.6 cm³/mol. The zero-order valence-corrected chi connectivity index (χ0v) is 13.0. The second-order valence-electron chi connectivity index (χ2n) is 6.05. The van der Waals surface area contributed by atoms with Gasteiger partial charge >= 0.3 is 0 Å². The molecule has 2 aromatic rings. The molecule has 2 heteroatoms. The van der Waals surface area contributed by atoms with E-state index in [4.69, 9.17) is 4.74 Å². The van der Waals surface area contributed by atoms with Gasteiger partial charge in [0.15, 0.2) is 0 Å². The summed E-state index contributed by atoms with van der Waals surface area (Å²) in [6, 6.07) is 17.6. The van der Waals surface area contributed by atoms with E-state index in [2.05, 4.69) is 68.6 Å². The Bertz CT molecular complexity index is 622. The number of hydrogen-bond donors (Lipinski definition) is 1. The zero-order valence-electron chi connectivity index (χ0n) is 13.0. The SMILES string of the molecule is Cc1ccccc1[C@@H](C)NC1c2ccccc2OCC1C. The van der Waals surface area contributed by atoms with Gasteiger partial charge in [0, 0.05) is 23.6 Å². The summed E-state index contributed by atoms with van der Waals surface area (Å²) in [7, 11) is 0. The minimum absolute atomic E-state index is 0.324. The Morgan fingerprint density at radius 3 is 2.62 bits per heavy atom. The first kappa shape index (κ1) is 14.2. The topological polar surface area (TPSA) is 21.3 Å². The predicted octanol–water partition coefficient (Wildman–Crippen LogP) is 4.42. The molecule has 1 N–H and O–H groups in total. The molecular formula is C19H23NO. The molecule has 2 unspecified atom stereocenters. The molecule has 21 heavy (non-hydrogen) atoms. The van der Waals surface area contributed by atoms with Gasteiger partial charge < -0.3 is 10.1 Å². The van der Waals surface area contributed by atoms with Gasteiger partial charge in [0.25, 0.3) is 0 Å². The number of nitrogens with one attached hydrogen (secondary N) is 1. The van der Waals surface area contributed by atoms with Crippen molar-refractivity contribution in [1.29, 1.82) is 0 Å². The minimum Gasteiger partial charge on any atom is -0.493 e. The molecule has 0 aromatic heterocycles. The molecule has 3 atom stereocenters. The van der Waals surface area contributed by atoms with Gasteiger partial charge in [-0.1, -0.05) is 49.4 Å². The number of hydrogen-bond acceptors (Lipinski definition) is 2. The maximum atomic E-state index is 5.84. The van der Waals surface area contributed by atoms with Crippen molar-refractivity contribution in [3.05, 3.63) is 65.2 Å². The van der Waals surface area contributed by atoms with Crippen LogP contribution in [0, 0.1) is 12.8 Å². The van der Waals surface area contributed by atoms with Crippen molar-refractivity contribution in [2.75, 3.05) is 6.61 Å². The fourth-order valence-electron chi connectivity index (χ4n) is 3.18. The largest absolute Gasteiger partial charge is 0.493 e. The summed E-state index contributed by atoms with van der Waals surface area (Å²) in [6.07, 6.45) is 0. The monoisotopic (exact) mass is 281 g/mol. The molecule has 3 rings (SSSR count). The molecule has 0 fully saturated rings. The van der Waals surface area contributed by atoms with Crippen LogP contribution in [-0.2, 0) is 0 Å². The fourth-order valence-corrected chi connectivity index (χ4v) is 3.18. The lowest BCUT2D eigenvalue weighted by atomic mass is 9.90. The van der Waals surface area contributed by atoms with Crippen molar-refractivity contribution in [3.8, 4) is 5.75 Å². The molecule has 0 amide bonds. The van der Waals surface area contributed by atoms with E-state index in [0.717, 1.165) is 12.4 Å². The molecule has 110 valence electrons. The van der Waals surface area contributed by atoms with Crippen LogP contribution in [0.1, 0.15) is 42.6 Å². The lowest BCUT2D eigenvalue weighted by Crippen LogP contribution is -2.35. The Morgan fingerprint density at radius 2 is 1.81 bits per heavy atom. The van der Waals surface area contributed by atoms with Gasteiger partial charge in [-0.15, -0.1) is 0 Å². The molecule has 0 saturated carbocycles. The smallest absolute Gasteiger partial charge is 0.124 e. The molecule has 2 nitrogen and oxygen atoms in total. The summed E-state index contributed by atoms with van der Waals surface area (Å²) in [5, 5.41) is 3.80. The van der Waals surface area contributed by atoms with Gasteiger partial charge in [0.05, 0.1) is 6.61 Å². The van der Waals surface area contributed by atoms with E-state index in [9.17, 15) is 0 Å². The zero-order chi connectivity index (χ0) is 14.8. The van der Waals surface area contributed by atoms with E-state index in [1.165, 1.54) is 16.7 Å². The summed E-state index contributed by atoms with van der Waals surface area (Å²) < 4.78 is 5.84. The van der Waals surface area contributed by atoms with E-state index in [1.807, 2.05) is 6.07 Å². The summed E-state index contributed by atoms with van der Waals surface area (Å²) in [5.41, 5.74) is 3.98. The van der Waals surface area contributed by atoms with Crippen LogP contribution in [0.25, 0.3) is 0 Å². The van der Waals surface area contributed by atoms with Gasteiger partial charge in [-0.05, 0) is 31.0 Å². The highest BCUT2D eigenvalue weighted by molar-refractivity contribution is 5.38. The quantitative estimate of drug-likeness (QED) is 0.899. The molecule has 1 heterocycles. The molecular weight excluding hydrogens is 258 g/mol. The van der Waals surface area contributed by atoms with E-state index < -0.39 is 0 Å². The first-order valence-corrected chi connectivity index (χ1v) is 7.70. The van der Waals surface area contributed by atoms with E-state index >= 15 is 0 Å². The van der Waals surface area contributed by atoms with E-state index in [-0.39, 0.29) is 0 Å². The van der Waals surface area contributed by atoms with Gasteiger partial charge in [-0.25, -0.2) is 0 Å². The van der Waals surface area contributed by atoms with Crippen LogP contribution in [0.2, 0.25) is 0 Å². The highest BCUT2D eigenvalue weighted by atomic mass is 16.5. The highest BCUT2D eigenvalue weighted by Crippen LogP contribution is 2.36. The van der Waals surface area contributed by atoms with Gasteiger partial charge in [0.2, 0.25) is 0 Å². The average Bonchev–Trinajstić information content (AvgIpc) is 2.50. The first-order chi connectivity index (χ1) is 10.2. The Hall–Kier alpha value is -1.80. The molecule has 0 aliphatic carbocycles. The Balaban J connectivity index is 1.86. The van der Waals surface area contributed by atoms with Crippen LogP contribution < -0.4 is 10.1 Å². The van der Waals surface area contributed by atoms with Crippen molar-refractivity contribution >= 4 is 0 Å². The first-order valence-electron chi connectivity index (χ1n) is 7.70. The standard InChI is InChI=1S/C19H23NO/c1-13-8-4-5-9-16(13)15(3)20-19-14(2)12-21-18-11-7-6-10-17(18)19/h4-11,14-15,19-20H,12H2,1-3H3/t14?,15-,19?/m1/s1. The third-order valence-corrected chi connectivity index (χ3v) is 4.41. The summed E-state index contributed by atoms with van der Waals surface area (Å²) >= 11 is 0. The van der Waals surface area contributed by atoms with Crippen molar-refractivity contribution < 1.29 is 4.74 Å². The van der Waals surface area contributed by atoms with Crippen molar-refractivity contribution in [3.63, 3.8) is 0 Å². The van der Waals surface area contributed by atoms with Crippen molar-refractivity contribution in [1.82, 2.24) is 5.32 Å². The molecule has 0 bridgehead atoms. The molecule has 0 spiro atoms. The maximum Gasteiger partial charge on any atom is 0.124 e. The lowest BCUT2D eigenvalue weighted by Gasteiger charge is -2.34. The Morgan fingerprint density at radius 1 is 1.10 bits per heavy atom. The lowest BCUT2D eigenvalue weighted by molar-refractivity contribution is 0.182. The average molecular weight is 281 g/mol. The number of fused-ring (bicyclic) bond motifs is 1. The van der Waals surface area contributed by atoms with E-state index in [1.54, 1.807) is 0 Å². The number of aryl methyl sites for hydroxylation is 1. The number of para-hydroxylation sites is 1. The summed E-state index contributed by atoms with van der Waals surface area (Å²) in [6.45, 7) is 7.44. The minimum atomic E-state index is 0.324. The third-order valence-electron chi connectivity index (χ3n) is 4.41. The number of ether oxygens (including phenoxy) is 1. The number of benzene rings is 2. The molecule has 1 aliphatic rings. The van der Waals surface area contributed by atoms with Crippen LogP contribution in [-0.4, -0.2) is 6.61 Å². The van der Waals surface area contributed by atoms with E-state index in [0.29, 0.717) is 18.0 Å². The summed E-state index contributed by atoms with van der Waals surface area (Å²) in [5.74, 6) is 1.48. The third kappa shape index (κ3) is 2.81. The van der Waals surface area contributed by atoms with Gasteiger partial charge in [-0.2, -0.15) is 0 Å². The molecule has 0 saturated heterocycles. The van der Waals surface area contributed by atoms with Crippen LogP contribution >= 0.6 is 0 Å². The van der Waals surface area contributed by atoms with Crippen LogP contribution in [0.5, 0.6) is 5.75 Å². The normalized spacial score (nSPS) is 22.2. The second kappa shape index (κ2) is 5.90. The fraction of sp³-hybridized carbons (Fsp3) is 0.368. The highest BCUT2D eigenvalue weighted by Gasteiger charge is 2.28. The number of rotatable bonds is 3. The second-order valence-corrected chi connectivity index (χ2v) is 6.05. The maximum absolute atomic E-state index is 5.84. The summed E-state index contributed by atoms with van der Waals surface area (Å²) in [4.78, 5) is 0. The van der Waals surface area contributed by atoms with Crippen molar-refractivity contribution in [2.45, 2.75) is 32.9 Å². The van der Waals surface area contributed by atoms with Gasteiger partial charge in [-0.3, -0.25) is 0 Å². The van der Waals surface area contributed by atoms with Crippen LogP contribution in [0.15, 0.2) is 48.5 Å². The Kier molecular flexibility index (Phi) is 3.98.